The van der Waals surface area contributed by atoms with Crippen molar-refractivity contribution in [1.82, 2.24) is 9.88 Å². The Labute approximate surface area is 138 Å². The molecule has 1 saturated carbocycles. The first-order valence-corrected chi connectivity index (χ1v) is 8.58. The molecule has 2 nitrogen and oxygen atoms in total. The van der Waals surface area contributed by atoms with Crippen LogP contribution in [-0.4, -0.2) is 10.6 Å². The second-order valence-corrected chi connectivity index (χ2v) is 6.79. The molecule has 4 rings (SSSR count). The maximum absolute atomic E-state index is 3.61. The van der Waals surface area contributed by atoms with Gasteiger partial charge in [-0.25, -0.2) is 0 Å². The number of benzene rings is 2. The number of nitrogens with zero attached hydrogens (tertiary/aromatic N) is 1. The molecule has 23 heavy (non-hydrogen) atoms. The first-order chi connectivity index (χ1) is 11.2. The lowest BCUT2D eigenvalue weighted by Gasteiger charge is -2.09. The summed E-state index contributed by atoms with van der Waals surface area (Å²) < 4.78 is 2.44. The number of rotatable bonds is 5. The van der Waals surface area contributed by atoms with Crippen LogP contribution in [-0.2, 0) is 13.1 Å². The van der Waals surface area contributed by atoms with Crippen LogP contribution >= 0.6 is 0 Å². The molecule has 1 aliphatic rings. The van der Waals surface area contributed by atoms with Crippen molar-refractivity contribution >= 4 is 10.9 Å². The molecule has 0 amide bonds. The summed E-state index contributed by atoms with van der Waals surface area (Å²) in [5.41, 5.74) is 6.87. The SMILES string of the molecule is Cc1c(C)n(Cc2ccccc2)c2ccc(CNC3CC3)cc12. The second kappa shape index (κ2) is 5.86. The van der Waals surface area contributed by atoms with Crippen molar-refractivity contribution in [3.8, 4) is 0 Å². The van der Waals surface area contributed by atoms with E-state index in [1.807, 2.05) is 0 Å². The average Bonchev–Trinajstić information content (AvgIpc) is 3.38. The lowest BCUT2D eigenvalue weighted by atomic mass is 10.1. The van der Waals surface area contributed by atoms with Crippen molar-refractivity contribution in [3.63, 3.8) is 0 Å². The van der Waals surface area contributed by atoms with Gasteiger partial charge in [0.25, 0.3) is 0 Å². The van der Waals surface area contributed by atoms with Gasteiger partial charge in [0.2, 0.25) is 0 Å². The zero-order valence-electron chi connectivity index (χ0n) is 14.0. The summed E-state index contributed by atoms with van der Waals surface area (Å²) in [5, 5.41) is 5.01. The van der Waals surface area contributed by atoms with Crippen LogP contribution in [0, 0.1) is 13.8 Å². The molecule has 0 bridgehead atoms. The third-order valence-electron chi connectivity index (χ3n) is 5.06. The maximum atomic E-state index is 3.61. The fourth-order valence-electron chi connectivity index (χ4n) is 3.33. The summed E-state index contributed by atoms with van der Waals surface area (Å²) in [4.78, 5) is 0. The van der Waals surface area contributed by atoms with E-state index < -0.39 is 0 Å². The summed E-state index contributed by atoms with van der Waals surface area (Å²) in [6.07, 6.45) is 2.68. The van der Waals surface area contributed by atoms with Crippen LogP contribution in [0.4, 0.5) is 0 Å². The van der Waals surface area contributed by atoms with Crippen molar-refractivity contribution < 1.29 is 0 Å². The van der Waals surface area contributed by atoms with E-state index in [2.05, 4.69) is 72.3 Å². The largest absolute Gasteiger partial charge is 0.340 e. The summed E-state index contributed by atoms with van der Waals surface area (Å²) in [6.45, 7) is 6.41. The molecule has 0 aliphatic heterocycles. The van der Waals surface area contributed by atoms with Crippen LogP contribution in [0.2, 0.25) is 0 Å². The Morgan fingerprint density at radius 3 is 2.52 bits per heavy atom. The predicted octanol–water partition coefficient (Wildman–Crippen LogP) is 4.56. The third-order valence-corrected chi connectivity index (χ3v) is 5.06. The minimum Gasteiger partial charge on any atom is -0.340 e. The molecule has 1 aliphatic carbocycles. The van der Waals surface area contributed by atoms with Crippen molar-refractivity contribution in [3.05, 3.63) is 70.9 Å². The first kappa shape index (κ1) is 14.5. The van der Waals surface area contributed by atoms with Gasteiger partial charge in [0.05, 0.1) is 0 Å². The summed E-state index contributed by atoms with van der Waals surface area (Å²) >= 11 is 0. The van der Waals surface area contributed by atoms with E-state index in [1.165, 1.54) is 46.1 Å². The Kier molecular flexibility index (Phi) is 3.70. The summed E-state index contributed by atoms with van der Waals surface area (Å²) in [5.74, 6) is 0. The molecule has 3 aromatic rings. The normalized spacial score (nSPS) is 14.5. The van der Waals surface area contributed by atoms with E-state index in [-0.39, 0.29) is 0 Å². The molecule has 0 saturated heterocycles. The topological polar surface area (TPSA) is 17.0 Å². The molecule has 1 N–H and O–H groups in total. The average molecular weight is 304 g/mol. The van der Waals surface area contributed by atoms with E-state index in [1.54, 1.807) is 0 Å². The van der Waals surface area contributed by atoms with E-state index in [9.17, 15) is 0 Å². The lowest BCUT2D eigenvalue weighted by molar-refractivity contribution is 0.688. The van der Waals surface area contributed by atoms with E-state index >= 15 is 0 Å². The Hall–Kier alpha value is -2.06. The highest BCUT2D eigenvalue weighted by Gasteiger charge is 2.20. The van der Waals surface area contributed by atoms with Gasteiger partial charge in [0.1, 0.15) is 0 Å². The van der Waals surface area contributed by atoms with Crippen molar-refractivity contribution in [2.45, 2.75) is 45.8 Å². The molecular weight excluding hydrogens is 280 g/mol. The fourth-order valence-corrected chi connectivity index (χ4v) is 3.33. The quantitative estimate of drug-likeness (QED) is 0.731. The number of aryl methyl sites for hydroxylation is 1. The van der Waals surface area contributed by atoms with E-state index in [0.717, 1.165) is 19.1 Å². The van der Waals surface area contributed by atoms with Crippen LogP contribution in [0.3, 0.4) is 0 Å². The first-order valence-electron chi connectivity index (χ1n) is 8.58. The van der Waals surface area contributed by atoms with Crippen molar-refractivity contribution in [2.75, 3.05) is 0 Å². The van der Waals surface area contributed by atoms with Gasteiger partial charge in [-0.3, -0.25) is 0 Å². The monoisotopic (exact) mass is 304 g/mol. The fraction of sp³-hybridized carbons (Fsp3) is 0.333. The molecule has 0 unspecified atom stereocenters. The summed E-state index contributed by atoms with van der Waals surface area (Å²) in [6, 6.07) is 18.4. The highest BCUT2D eigenvalue weighted by molar-refractivity contribution is 5.86. The van der Waals surface area contributed by atoms with Gasteiger partial charge in [0, 0.05) is 35.7 Å². The van der Waals surface area contributed by atoms with Crippen molar-refractivity contribution in [1.29, 1.82) is 0 Å². The minimum absolute atomic E-state index is 0.760. The highest BCUT2D eigenvalue weighted by atomic mass is 15.0. The molecule has 118 valence electrons. The van der Waals surface area contributed by atoms with Crippen LogP contribution in [0.1, 0.15) is 35.2 Å². The summed E-state index contributed by atoms with van der Waals surface area (Å²) in [7, 11) is 0. The highest BCUT2D eigenvalue weighted by Crippen LogP contribution is 2.27. The Bertz CT molecular complexity index is 826. The molecule has 1 fully saturated rings. The molecule has 1 aromatic heterocycles. The van der Waals surface area contributed by atoms with Gasteiger partial charge in [-0.2, -0.15) is 0 Å². The molecule has 2 aromatic carbocycles. The molecule has 1 heterocycles. The Balaban J connectivity index is 1.68. The van der Waals surface area contributed by atoms with Crippen molar-refractivity contribution in [2.24, 2.45) is 0 Å². The smallest absolute Gasteiger partial charge is 0.0488 e. The standard InChI is InChI=1S/C21H24N2/c1-15-16(2)23(14-17-6-4-3-5-7-17)21-11-8-18(12-20(15)21)13-22-19-9-10-19/h3-8,11-12,19,22H,9-10,13-14H2,1-2H3. The van der Waals surface area contributed by atoms with Crippen LogP contribution in [0.5, 0.6) is 0 Å². The number of hydrogen-bond donors (Lipinski definition) is 1. The minimum atomic E-state index is 0.760. The molecule has 2 heteroatoms. The van der Waals surface area contributed by atoms with Crippen LogP contribution in [0.15, 0.2) is 48.5 Å². The Morgan fingerprint density at radius 2 is 1.78 bits per heavy atom. The van der Waals surface area contributed by atoms with Crippen LogP contribution < -0.4 is 5.32 Å². The number of nitrogens with one attached hydrogen (secondary N) is 1. The number of fused-ring (bicyclic) bond motifs is 1. The molecule has 0 spiro atoms. The van der Waals surface area contributed by atoms with Gasteiger partial charge in [-0.05, 0) is 55.5 Å². The molecule has 0 atom stereocenters. The van der Waals surface area contributed by atoms with E-state index in [0.29, 0.717) is 0 Å². The van der Waals surface area contributed by atoms with Gasteiger partial charge in [0.15, 0.2) is 0 Å². The molecular formula is C21H24N2. The van der Waals surface area contributed by atoms with Gasteiger partial charge in [-0.1, -0.05) is 36.4 Å². The zero-order chi connectivity index (χ0) is 15.8. The van der Waals surface area contributed by atoms with Crippen LogP contribution in [0.25, 0.3) is 10.9 Å². The number of hydrogen-bond acceptors (Lipinski definition) is 1. The third kappa shape index (κ3) is 2.91. The van der Waals surface area contributed by atoms with Gasteiger partial charge < -0.3 is 9.88 Å². The zero-order valence-corrected chi connectivity index (χ0v) is 14.0. The maximum Gasteiger partial charge on any atom is 0.0488 e. The predicted molar refractivity (Wildman–Crippen MR) is 96.8 cm³/mol. The van der Waals surface area contributed by atoms with E-state index in [4.69, 9.17) is 0 Å². The lowest BCUT2D eigenvalue weighted by Crippen LogP contribution is -2.15. The Morgan fingerprint density at radius 1 is 1.00 bits per heavy atom. The van der Waals surface area contributed by atoms with Gasteiger partial charge >= 0.3 is 0 Å². The number of aromatic nitrogens is 1. The van der Waals surface area contributed by atoms with Gasteiger partial charge in [-0.15, -0.1) is 0 Å². The molecule has 0 radical (unpaired) electrons. The second-order valence-electron chi connectivity index (χ2n) is 6.79.